The highest BCUT2D eigenvalue weighted by molar-refractivity contribution is 5.96. The van der Waals surface area contributed by atoms with Crippen LogP contribution in [0.2, 0.25) is 0 Å². The number of aromatic hydroxyl groups is 1. The number of nitrogens with one attached hydrogen (secondary N) is 1. The van der Waals surface area contributed by atoms with Crippen molar-refractivity contribution in [1.82, 2.24) is 9.97 Å². The van der Waals surface area contributed by atoms with Crippen molar-refractivity contribution in [1.29, 1.82) is 0 Å². The van der Waals surface area contributed by atoms with E-state index in [0.29, 0.717) is 17.9 Å². The molecule has 1 aromatic heterocycles. The highest BCUT2D eigenvalue weighted by Gasteiger charge is 2.46. The molecule has 1 saturated carbocycles. The Labute approximate surface area is 165 Å². The van der Waals surface area contributed by atoms with Gasteiger partial charge in [-0.05, 0) is 50.3 Å². The van der Waals surface area contributed by atoms with Crippen molar-refractivity contribution in [3.8, 4) is 5.75 Å². The number of benzene rings is 1. The number of nitrogens with two attached hydrogens (primary N) is 1. The summed E-state index contributed by atoms with van der Waals surface area (Å²) in [6, 6.07) is 5.55. The molecule has 7 nitrogen and oxygen atoms in total. The lowest BCUT2D eigenvalue weighted by Crippen LogP contribution is -2.49. The molecule has 0 bridgehead atoms. The maximum atomic E-state index is 11.8. The van der Waals surface area contributed by atoms with E-state index in [1.54, 1.807) is 18.3 Å². The van der Waals surface area contributed by atoms with Crippen LogP contribution in [0.5, 0.6) is 5.75 Å². The van der Waals surface area contributed by atoms with Crippen LogP contribution in [0.4, 0.5) is 11.6 Å². The molecule has 7 heteroatoms. The molecule has 148 valence electrons. The number of primary amides is 1. The molecule has 4 rings (SSSR count). The molecule has 4 N–H and O–H groups in total. The van der Waals surface area contributed by atoms with Crippen LogP contribution < -0.4 is 16.0 Å². The minimum atomic E-state index is -0.633. The lowest BCUT2D eigenvalue weighted by atomic mass is 9.79. The van der Waals surface area contributed by atoms with Gasteiger partial charge in [-0.25, -0.2) is 9.97 Å². The van der Waals surface area contributed by atoms with Crippen LogP contribution in [-0.2, 0) is 0 Å². The zero-order valence-electron chi connectivity index (χ0n) is 16.5. The number of phenols is 1. The maximum absolute atomic E-state index is 11.8. The Bertz CT molecular complexity index is 912. The fraction of sp³-hybridized carbons (Fsp3) is 0.476. The number of fused-ring (bicyclic) bond motifs is 1. The molecule has 3 atom stereocenters. The summed E-state index contributed by atoms with van der Waals surface area (Å²) in [5.74, 6) is 0.777. The van der Waals surface area contributed by atoms with Gasteiger partial charge in [-0.15, -0.1) is 0 Å². The van der Waals surface area contributed by atoms with E-state index < -0.39 is 5.91 Å². The fourth-order valence-corrected chi connectivity index (χ4v) is 4.58. The molecule has 1 aliphatic heterocycles. The zero-order chi connectivity index (χ0) is 20.0. The Kier molecular flexibility index (Phi) is 4.61. The number of nitrogens with zero attached hydrogens (tertiary/aromatic N) is 3. The largest absolute Gasteiger partial charge is 0.507 e. The van der Waals surface area contributed by atoms with Crippen LogP contribution in [0, 0.1) is 18.8 Å². The predicted octanol–water partition coefficient (Wildman–Crippen LogP) is 3.00. The van der Waals surface area contributed by atoms with Crippen LogP contribution in [0.3, 0.4) is 0 Å². The summed E-state index contributed by atoms with van der Waals surface area (Å²) in [6.45, 7) is 7.13. The summed E-state index contributed by atoms with van der Waals surface area (Å²) in [4.78, 5) is 23.1. The molecule has 1 aliphatic carbocycles. The summed E-state index contributed by atoms with van der Waals surface area (Å²) in [6.07, 6.45) is 4.18. The second kappa shape index (κ2) is 6.96. The van der Waals surface area contributed by atoms with Crippen molar-refractivity contribution in [3.05, 3.63) is 41.2 Å². The number of carbonyl (C=O) groups is 1. The third-order valence-corrected chi connectivity index (χ3v) is 6.00. The molecule has 1 amide bonds. The van der Waals surface area contributed by atoms with Crippen LogP contribution in [0.25, 0.3) is 0 Å². The van der Waals surface area contributed by atoms with Crippen LogP contribution in [0.15, 0.2) is 24.4 Å². The Morgan fingerprint density at radius 2 is 2.14 bits per heavy atom. The number of aryl methyl sites for hydroxylation is 1. The highest BCUT2D eigenvalue weighted by Crippen LogP contribution is 2.50. The SMILES string of the molecule is CCN1c2cc(O)c(C(N)=O)cc2C(Nc2nccc(C)n2)[C@@H](C)C1C1CC1. The summed E-state index contributed by atoms with van der Waals surface area (Å²) in [5, 5.41) is 13.9. The molecule has 2 heterocycles. The number of hydrogen-bond acceptors (Lipinski definition) is 6. The van der Waals surface area contributed by atoms with Crippen LogP contribution in [-0.4, -0.2) is 33.6 Å². The van der Waals surface area contributed by atoms with E-state index in [2.05, 4.69) is 34.0 Å². The van der Waals surface area contributed by atoms with E-state index in [-0.39, 0.29) is 23.3 Å². The van der Waals surface area contributed by atoms with Crippen LogP contribution in [0.1, 0.15) is 54.3 Å². The van der Waals surface area contributed by atoms with Gasteiger partial charge in [-0.2, -0.15) is 0 Å². The number of carbonyl (C=O) groups excluding carboxylic acids is 1. The van der Waals surface area contributed by atoms with E-state index in [1.165, 1.54) is 12.8 Å². The van der Waals surface area contributed by atoms with Gasteiger partial charge in [0.25, 0.3) is 5.91 Å². The van der Waals surface area contributed by atoms with Crippen molar-refractivity contribution in [2.24, 2.45) is 17.6 Å². The molecule has 2 unspecified atom stereocenters. The summed E-state index contributed by atoms with van der Waals surface area (Å²) >= 11 is 0. The molecule has 2 aliphatic rings. The van der Waals surface area contributed by atoms with Crippen molar-refractivity contribution < 1.29 is 9.90 Å². The molecule has 1 fully saturated rings. The number of aromatic nitrogens is 2. The third kappa shape index (κ3) is 3.15. The van der Waals surface area contributed by atoms with Gasteiger partial charge in [0.1, 0.15) is 5.75 Å². The van der Waals surface area contributed by atoms with Crippen molar-refractivity contribution in [2.45, 2.75) is 45.7 Å². The first-order chi connectivity index (χ1) is 13.4. The Morgan fingerprint density at radius 1 is 1.39 bits per heavy atom. The van der Waals surface area contributed by atoms with E-state index in [4.69, 9.17) is 5.73 Å². The molecule has 1 aromatic carbocycles. The first kappa shape index (κ1) is 18.5. The molecular formula is C21H27N5O2. The minimum Gasteiger partial charge on any atom is -0.507 e. The van der Waals surface area contributed by atoms with Gasteiger partial charge >= 0.3 is 0 Å². The number of anilines is 2. The van der Waals surface area contributed by atoms with Crippen molar-refractivity contribution >= 4 is 17.5 Å². The zero-order valence-corrected chi connectivity index (χ0v) is 16.5. The lowest BCUT2D eigenvalue weighted by molar-refractivity contribution is 0.0997. The molecular weight excluding hydrogens is 354 g/mol. The van der Waals surface area contributed by atoms with Crippen molar-refractivity contribution in [3.63, 3.8) is 0 Å². The fourth-order valence-electron chi connectivity index (χ4n) is 4.58. The highest BCUT2D eigenvalue weighted by atomic mass is 16.3. The van der Waals surface area contributed by atoms with E-state index >= 15 is 0 Å². The Hall–Kier alpha value is -2.83. The number of hydrogen-bond donors (Lipinski definition) is 3. The third-order valence-electron chi connectivity index (χ3n) is 6.00. The molecule has 2 aromatic rings. The first-order valence-corrected chi connectivity index (χ1v) is 9.90. The lowest BCUT2D eigenvalue weighted by Gasteiger charge is -2.47. The van der Waals surface area contributed by atoms with Gasteiger partial charge < -0.3 is 21.1 Å². The average Bonchev–Trinajstić information content (AvgIpc) is 3.48. The number of amides is 1. The summed E-state index contributed by atoms with van der Waals surface area (Å²) < 4.78 is 0. The van der Waals surface area contributed by atoms with Crippen LogP contribution >= 0.6 is 0 Å². The molecule has 0 radical (unpaired) electrons. The number of rotatable bonds is 5. The normalized spacial score (nSPS) is 24.0. The van der Waals surface area contributed by atoms with E-state index in [0.717, 1.165) is 23.5 Å². The van der Waals surface area contributed by atoms with E-state index in [1.807, 2.05) is 13.0 Å². The van der Waals surface area contributed by atoms with E-state index in [9.17, 15) is 9.90 Å². The molecule has 0 spiro atoms. The predicted molar refractivity (Wildman–Crippen MR) is 108 cm³/mol. The average molecular weight is 381 g/mol. The van der Waals surface area contributed by atoms with Gasteiger partial charge in [0.2, 0.25) is 5.95 Å². The minimum absolute atomic E-state index is 0.0700. The first-order valence-electron chi connectivity index (χ1n) is 9.90. The smallest absolute Gasteiger partial charge is 0.252 e. The van der Waals surface area contributed by atoms with Gasteiger partial charge in [-0.1, -0.05) is 6.92 Å². The molecule has 0 saturated heterocycles. The standard InChI is InChI=1S/C21H27N5O2/c1-4-26-16-10-17(27)15(20(22)28)9-14(16)18(12(3)19(26)13-5-6-13)25-21-23-8-7-11(2)24-21/h7-10,12-13,18-19,27H,4-6H2,1-3H3,(H2,22,28)(H,23,24,25)/t12-,18?,19?/m1/s1. The van der Waals surface area contributed by atoms with Crippen molar-refractivity contribution in [2.75, 3.05) is 16.8 Å². The Balaban J connectivity index is 1.84. The summed E-state index contributed by atoms with van der Waals surface area (Å²) in [7, 11) is 0. The van der Waals surface area contributed by atoms with Gasteiger partial charge in [0.15, 0.2) is 0 Å². The quantitative estimate of drug-likeness (QED) is 0.735. The monoisotopic (exact) mass is 381 g/mol. The van der Waals surface area contributed by atoms with Gasteiger partial charge in [-0.3, -0.25) is 4.79 Å². The maximum Gasteiger partial charge on any atom is 0.252 e. The van der Waals surface area contributed by atoms with Gasteiger partial charge in [0, 0.05) is 42.1 Å². The second-order valence-corrected chi connectivity index (χ2v) is 7.91. The van der Waals surface area contributed by atoms with Gasteiger partial charge in [0.05, 0.1) is 11.6 Å². The topological polar surface area (TPSA) is 104 Å². The summed E-state index contributed by atoms with van der Waals surface area (Å²) in [5.41, 5.74) is 8.42. The Morgan fingerprint density at radius 3 is 2.75 bits per heavy atom. The molecule has 28 heavy (non-hydrogen) atoms. The second-order valence-electron chi connectivity index (χ2n) is 7.91.